The Kier molecular flexibility index (Phi) is 42.6. The molecular weight excluding hydrogens is 922 g/mol. The van der Waals surface area contributed by atoms with Crippen LogP contribution >= 0.6 is 15.6 Å². The first-order valence-corrected chi connectivity index (χ1v) is 29.1. The van der Waals surface area contributed by atoms with Gasteiger partial charge < -0.3 is 33.8 Å². The highest BCUT2D eigenvalue weighted by Gasteiger charge is 2.30. The van der Waals surface area contributed by atoms with Gasteiger partial charge in [0.25, 0.3) is 0 Å². The van der Waals surface area contributed by atoms with Crippen molar-refractivity contribution in [3.8, 4) is 0 Å². The summed E-state index contributed by atoms with van der Waals surface area (Å²) < 4.78 is 66.9. The molecule has 0 aromatic heterocycles. The van der Waals surface area contributed by atoms with Crippen LogP contribution in [0.4, 0.5) is 0 Å². The molecule has 0 aliphatic heterocycles. The Balaban J connectivity index is 5.17. The Morgan fingerprint density at radius 1 is 0.397 bits per heavy atom. The first-order chi connectivity index (χ1) is 32.5. The van der Waals surface area contributed by atoms with Crippen molar-refractivity contribution in [2.45, 2.75) is 246 Å². The molecule has 0 rings (SSSR count). The number of phosphoric acid groups is 2. The van der Waals surface area contributed by atoms with Gasteiger partial charge in [0.05, 0.1) is 26.4 Å². The fraction of sp³-hybridized carbons (Fsp3) is 0.918. The van der Waals surface area contributed by atoms with E-state index in [0.29, 0.717) is 31.6 Å². The number of carbonyl (C=O) groups is 4. The summed E-state index contributed by atoms with van der Waals surface area (Å²) in [5.74, 6) is -1.51. The summed E-state index contributed by atoms with van der Waals surface area (Å²) in [5.41, 5.74) is 0. The summed E-state index contributed by atoms with van der Waals surface area (Å²) in [4.78, 5) is 70.9. The molecule has 0 aromatic carbocycles. The SMILES string of the molecule is CCCCCCCCCC(=O)OC[C@H](COP(=O)(O)OC[C@@H](O)COP(=O)(O)OC[C@@H](COC(=O)CCCCCCC)OC(=O)CCCCCCCCC)OC(=O)CCCCCCCCC(C)C. The van der Waals surface area contributed by atoms with Crippen LogP contribution in [0, 0.1) is 5.92 Å². The number of aliphatic hydroxyl groups is 1. The van der Waals surface area contributed by atoms with E-state index in [-0.39, 0.29) is 25.7 Å². The third-order valence-corrected chi connectivity index (χ3v) is 12.9. The lowest BCUT2D eigenvalue weighted by Gasteiger charge is -2.21. The molecule has 0 heterocycles. The topological polar surface area (TPSA) is 237 Å². The Labute approximate surface area is 409 Å². The number of phosphoric ester groups is 2. The van der Waals surface area contributed by atoms with Gasteiger partial charge in [-0.2, -0.15) is 0 Å². The molecule has 0 aliphatic rings. The number of esters is 4. The zero-order valence-electron chi connectivity index (χ0n) is 42.7. The average molecular weight is 1020 g/mol. The van der Waals surface area contributed by atoms with E-state index in [1.165, 1.54) is 19.3 Å². The van der Waals surface area contributed by atoms with Crippen LogP contribution in [-0.2, 0) is 65.4 Å². The average Bonchev–Trinajstić information content (AvgIpc) is 3.29. The second kappa shape index (κ2) is 43.8. The smallest absolute Gasteiger partial charge is 0.462 e. The molecule has 0 aromatic rings. The molecule has 0 amide bonds. The zero-order chi connectivity index (χ0) is 50.7. The van der Waals surface area contributed by atoms with Crippen LogP contribution in [0.15, 0.2) is 0 Å². The summed E-state index contributed by atoms with van der Waals surface area (Å²) in [6.07, 6.45) is 21.9. The van der Waals surface area contributed by atoms with Gasteiger partial charge in [-0.05, 0) is 31.6 Å². The number of carbonyl (C=O) groups excluding carboxylic acids is 4. The quantitative estimate of drug-likeness (QED) is 0.0222. The molecular formula is C49H94O17P2. The number of hydrogen-bond donors (Lipinski definition) is 3. The molecule has 0 bridgehead atoms. The minimum atomic E-state index is -4.92. The van der Waals surface area contributed by atoms with Gasteiger partial charge >= 0.3 is 39.5 Å². The monoisotopic (exact) mass is 1020 g/mol. The normalized spacial score (nSPS) is 14.7. The van der Waals surface area contributed by atoms with Crippen molar-refractivity contribution in [2.75, 3.05) is 39.6 Å². The number of aliphatic hydroxyl groups excluding tert-OH is 1. The van der Waals surface area contributed by atoms with Gasteiger partial charge in [-0.3, -0.25) is 37.3 Å². The molecule has 17 nitrogen and oxygen atoms in total. The van der Waals surface area contributed by atoms with Crippen LogP contribution in [-0.4, -0.2) is 96.7 Å². The zero-order valence-corrected chi connectivity index (χ0v) is 44.5. The molecule has 2 unspecified atom stereocenters. The maximum Gasteiger partial charge on any atom is 0.472 e. The summed E-state index contributed by atoms with van der Waals surface area (Å²) in [7, 11) is -9.84. The molecule has 3 N–H and O–H groups in total. The fourth-order valence-corrected chi connectivity index (χ4v) is 8.51. The predicted molar refractivity (Wildman–Crippen MR) is 262 cm³/mol. The van der Waals surface area contributed by atoms with Crippen molar-refractivity contribution < 1.29 is 80.2 Å². The van der Waals surface area contributed by atoms with Crippen molar-refractivity contribution in [3.63, 3.8) is 0 Å². The molecule has 0 aliphatic carbocycles. The lowest BCUT2D eigenvalue weighted by atomic mass is 10.0. The molecule has 0 fully saturated rings. The van der Waals surface area contributed by atoms with Gasteiger partial charge in [-0.25, -0.2) is 9.13 Å². The maximum atomic E-state index is 12.8. The van der Waals surface area contributed by atoms with Gasteiger partial charge in [0.2, 0.25) is 0 Å². The summed E-state index contributed by atoms with van der Waals surface area (Å²) in [5, 5.41) is 10.4. The number of ether oxygens (including phenoxy) is 4. The van der Waals surface area contributed by atoms with Crippen LogP contribution in [0.5, 0.6) is 0 Å². The number of hydrogen-bond acceptors (Lipinski definition) is 15. The molecule has 19 heteroatoms. The highest BCUT2D eigenvalue weighted by molar-refractivity contribution is 7.47. The van der Waals surface area contributed by atoms with E-state index >= 15 is 0 Å². The van der Waals surface area contributed by atoms with Crippen LogP contribution in [0.25, 0.3) is 0 Å². The Morgan fingerprint density at radius 2 is 0.676 bits per heavy atom. The third-order valence-electron chi connectivity index (χ3n) is 11.0. The summed E-state index contributed by atoms with van der Waals surface area (Å²) in [6.45, 7) is 6.80. The maximum absolute atomic E-state index is 12.8. The van der Waals surface area contributed by atoms with E-state index in [1.54, 1.807) is 0 Å². The number of rotatable bonds is 49. The van der Waals surface area contributed by atoms with Gasteiger partial charge in [0, 0.05) is 25.7 Å². The van der Waals surface area contributed by atoms with Gasteiger partial charge in [0.1, 0.15) is 19.3 Å². The van der Waals surface area contributed by atoms with E-state index < -0.39 is 97.5 Å². The highest BCUT2D eigenvalue weighted by atomic mass is 31.2. The Bertz CT molecular complexity index is 1370. The van der Waals surface area contributed by atoms with Crippen molar-refractivity contribution >= 4 is 39.5 Å². The minimum Gasteiger partial charge on any atom is -0.462 e. The third kappa shape index (κ3) is 44.0. The van der Waals surface area contributed by atoms with Crippen molar-refractivity contribution in [1.29, 1.82) is 0 Å². The highest BCUT2D eigenvalue weighted by Crippen LogP contribution is 2.45. The first kappa shape index (κ1) is 66.1. The van der Waals surface area contributed by atoms with E-state index in [1.807, 2.05) is 0 Å². The lowest BCUT2D eigenvalue weighted by Crippen LogP contribution is -2.30. The fourth-order valence-electron chi connectivity index (χ4n) is 6.93. The predicted octanol–water partition coefficient (Wildman–Crippen LogP) is 11.9. The molecule has 0 saturated heterocycles. The Morgan fingerprint density at radius 3 is 1.00 bits per heavy atom. The second-order valence-corrected chi connectivity index (χ2v) is 21.2. The van der Waals surface area contributed by atoms with Crippen molar-refractivity contribution in [3.05, 3.63) is 0 Å². The van der Waals surface area contributed by atoms with Gasteiger partial charge in [-0.1, -0.05) is 176 Å². The molecule has 5 atom stereocenters. The molecule has 0 radical (unpaired) electrons. The molecule has 68 heavy (non-hydrogen) atoms. The van der Waals surface area contributed by atoms with Gasteiger partial charge in [-0.15, -0.1) is 0 Å². The van der Waals surface area contributed by atoms with Crippen LogP contribution < -0.4 is 0 Å². The van der Waals surface area contributed by atoms with E-state index in [0.717, 1.165) is 122 Å². The van der Waals surface area contributed by atoms with Crippen molar-refractivity contribution in [2.24, 2.45) is 5.92 Å². The lowest BCUT2D eigenvalue weighted by molar-refractivity contribution is -0.161. The largest absolute Gasteiger partial charge is 0.472 e. The van der Waals surface area contributed by atoms with E-state index in [2.05, 4.69) is 34.6 Å². The van der Waals surface area contributed by atoms with E-state index in [4.69, 9.17) is 37.0 Å². The van der Waals surface area contributed by atoms with E-state index in [9.17, 15) is 43.2 Å². The van der Waals surface area contributed by atoms with Crippen LogP contribution in [0.2, 0.25) is 0 Å². The molecule has 0 spiro atoms. The van der Waals surface area contributed by atoms with Crippen molar-refractivity contribution in [1.82, 2.24) is 0 Å². The Hall–Kier alpha value is -1.94. The summed E-state index contributed by atoms with van der Waals surface area (Å²) >= 11 is 0. The first-order valence-electron chi connectivity index (χ1n) is 26.1. The van der Waals surface area contributed by atoms with Gasteiger partial charge in [0.15, 0.2) is 12.2 Å². The second-order valence-electron chi connectivity index (χ2n) is 18.3. The molecule has 0 saturated carbocycles. The van der Waals surface area contributed by atoms with Crippen LogP contribution in [0.1, 0.15) is 227 Å². The number of unbranched alkanes of at least 4 members (excludes halogenated alkanes) is 21. The minimum absolute atomic E-state index is 0.101. The standard InChI is InChI=1S/C49H94O17P2/c1-6-9-12-15-17-23-28-33-47(52)60-39-45(66-49(54)35-30-25-20-19-22-26-31-42(4)5)41-64-68(57,58)62-37-43(50)36-61-67(55,56)63-40-44(38-59-46(51)32-27-21-14-11-8-3)65-48(53)34-29-24-18-16-13-10-7-2/h42-45,50H,6-41H2,1-5H3,(H,55,56)(H,57,58)/t43-,44+,45+/m0/s1. The summed E-state index contributed by atoms with van der Waals surface area (Å²) in [6, 6.07) is 0. The van der Waals surface area contributed by atoms with Crippen LogP contribution in [0.3, 0.4) is 0 Å². The molecule has 402 valence electrons.